The first-order chi connectivity index (χ1) is 9.45. The van der Waals surface area contributed by atoms with Gasteiger partial charge in [0.05, 0.1) is 11.5 Å². The zero-order chi connectivity index (χ0) is 14.7. The Morgan fingerprint density at radius 1 is 1.20 bits per heavy atom. The molecule has 1 heterocycles. The highest BCUT2D eigenvalue weighted by Crippen LogP contribution is 2.24. The minimum atomic E-state index is -0.797. The van der Waals surface area contributed by atoms with Gasteiger partial charge in [0.1, 0.15) is 0 Å². The van der Waals surface area contributed by atoms with Crippen molar-refractivity contribution in [3.05, 3.63) is 28.0 Å². The monoisotopic (exact) mass is 280 g/mol. The number of pyridine rings is 1. The van der Waals surface area contributed by atoms with E-state index in [1.54, 1.807) is 0 Å². The molecule has 0 radical (unpaired) electrons. The highest BCUT2D eigenvalue weighted by molar-refractivity contribution is 5.94. The third kappa shape index (κ3) is 3.37. The van der Waals surface area contributed by atoms with Crippen molar-refractivity contribution in [2.45, 2.75) is 31.7 Å². The van der Waals surface area contributed by atoms with Crippen molar-refractivity contribution in [3.63, 3.8) is 0 Å². The van der Waals surface area contributed by atoms with Crippen LogP contribution in [0.2, 0.25) is 0 Å². The third-order valence-corrected chi connectivity index (χ3v) is 3.50. The van der Waals surface area contributed by atoms with Gasteiger partial charge in [-0.2, -0.15) is 0 Å². The van der Waals surface area contributed by atoms with Crippen LogP contribution in [0.15, 0.2) is 16.9 Å². The molecule has 7 heteroatoms. The average Bonchev–Trinajstić information content (AvgIpc) is 2.38. The Balaban J connectivity index is 1.95. The number of hydrogen-bond donors (Lipinski definition) is 4. The molecule has 1 aliphatic rings. The number of carbonyl (C=O) groups excluding carboxylic acids is 1. The lowest BCUT2D eigenvalue weighted by Crippen LogP contribution is -2.39. The molecular weight excluding hydrogens is 264 g/mol. The molecule has 7 nitrogen and oxygen atoms in total. The van der Waals surface area contributed by atoms with Crippen molar-refractivity contribution in [2.24, 2.45) is 5.92 Å². The zero-order valence-corrected chi connectivity index (χ0v) is 10.8. The summed E-state index contributed by atoms with van der Waals surface area (Å²) < 4.78 is 0. The summed E-state index contributed by atoms with van der Waals surface area (Å²) in [5.41, 5.74) is -0.462. The van der Waals surface area contributed by atoms with E-state index in [2.05, 4.69) is 10.3 Å². The minimum absolute atomic E-state index is 0.0895. The Kier molecular flexibility index (Phi) is 4.07. The number of aromatic hydroxyl groups is 1. The number of hydrogen-bond acceptors (Lipinski definition) is 4. The molecule has 0 unspecified atom stereocenters. The normalized spacial score (nSPS) is 22.2. The van der Waals surface area contributed by atoms with Crippen LogP contribution in [-0.2, 0) is 4.79 Å². The second kappa shape index (κ2) is 5.77. The second-order valence-corrected chi connectivity index (χ2v) is 4.98. The fourth-order valence-electron chi connectivity index (χ4n) is 2.41. The molecule has 0 saturated heterocycles. The van der Waals surface area contributed by atoms with Crippen LogP contribution in [0.5, 0.6) is 5.88 Å². The van der Waals surface area contributed by atoms with Gasteiger partial charge in [-0.25, -0.2) is 0 Å². The number of carboxylic acids is 1. The van der Waals surface area contributed by atoms with Gasteiger partial charge in [-0.1, -0.05) is 0 Å². The van der Waals surface area contributed by atoms with Gasteiger partial charge in [0.25, 0.3) is 11.5 Å². The van der Waals surface area contributed by atoms with E-state index in [1.807, 2.05) is 0 Å². The van der Waals surface area contributed by atoms with E-state index in [9.17, 15) is 19.5 Å². The molecule has 2 rings (SSSR count). The molecule has 0 spiro atoms. The predicted octanol–water partition coefficient (Wildman–Crippen LogP) is 0.454. The van der Waals surface area contributed by atoms with Gasteiger partial charge in [0.2, 0.25) is 0 Å². The summed E-state index contributed by atoms with van der Waals surface area (Å²) in [6, 6.07) is 2.19. The van der Waals surface area contributed by atoms with E-state index < -0.39 is 17.4 Å². The van der Waals surface area contributed by atoms with Crippen LogP contribution in [0.1, 0.15) is 36.0 Å². The standard InChI is InChI=1S/C13H16N2O5/c16-10-5-8(6-11(17)15-10)12(18)14-9-3-1-7(2-4-9)13(19)20/h5-7,9H,1-4H2,(H,14,18)(H,19,20)(H2,15,16,17). The number of nitrogens with one attached hydrogen (secondary N) is 2. The van der Waals surface area contributed by atoms with Crippen LogP contribution in [-0.4, -0.2) is 33.1 Å². The van der Waals surface area contributed by atoms with Gasteiger partial charge in [-0.3, -0.25) is 19.4 Å². The van der Waals surface area contributed by atoms with Crippen LogP contribution in [0.3, 0.4) is 0 Å². The molecule has 1 amide bonds. The molecule has 4 N–H and O–H groups in total. The van der Waals surface area contributed by atoms with Crippen molar-refractivity contribution in [3.8, 4) is 5.88 Å². The van der Waals surface area contributed by atoms with Crippen LogP contribution in [0, 0.1) is 5.92 Å². The van der Waals surface area contributed by atoms with Gasteiger partial charge in [-0.05, 0) is 25.7 Å². The van der Waals surface area contributed by atoms with E-state index in [0.717, 1.165) is 6.07 Å². The summed E-state index contributed by atoms with van der Waals surface area (Å²) in [5.74, 6) is -1.94. The summed E-state index contributed by atoms with van der Waals surface area (Å²) in [4.78, 5) is 36.1. The van der Waals surface area contributed by atoms with Crippen molar-refractivity contribution in [1.29, 1.82) is 0 Å². The summed E-state index contributed by atoms with van der Waals surface area (Å²) in [5, 5.41) is 20.9. The SMILES string of the molecule is O=C(NC1CCC(C(=O)O)CC1)c1cc(O)[nH]c(=O)c1. The van der Waals surface area contributed by atoms with E-state index in [-0.39, 0.29) is 23.4 Å². The number of aromatic amines is 1. The number of carbonyl (C=O) groups is 2. The number of H-pyrrole nitrogens is 1. The van der Waals surface area contributed by atoms with Crippen molar-refractivity contribution < 1.29 is 19.8 Å². The summed E-state index contributed by atoms with van der Waals surface area (Å²) in [7, 11) is 0. The van der Waals surface area contributed by atoms with Crippen LogP contribution in [0.4, 0.5) is 0 Å². The first-order valence-electron chi connectivity index (χ1n) is 6.42. The number of carboxylic acid groups (broad SMARTS) is 1. The first kappa shape index (κ1) is 14.1. The Morgan fingerprint density at radius 2 is 1.85 bits per heavy atom. The number of amides is 1. The third-order valence-electron chi connectivity index (χ3n) is 3.50. The molecule has 108 valence electrons. The average molecular weight is 280 g/mol. The minimum Gasteiger partial charge on any atom is -0.494 e. The number of aromatic nitrogens is 1. The van der Waals surface area contributed by atoms with Gasteiger partial charge >= 0.3 is 5.97 Å². The fraction of sp³-hybridized carbons (Fsp3) is 0.462. The van der Waals surface area contributed by atoms with E-state index in [0.29, 0.717) is 25.7 Å². The van der Waals surface area contributed by atoms with E-state index in [1.165, 1.54) is 6.07 Å². The maximum absolute atomic E-state index is 11.9. The molecule has 1 saturated carbocycles. The number of aliphatic carboxylic acids is 1. The molecule has 1 aliphatic carbocycles. The zero-order valence-electron chi connectivity index (χ0n) is 10.8. The summed E-state index contributed by atoms with van der Waals surface area (Å²) >= 11 is 0. The maximum atomic E-state index is 11.9. The van der Waals surface area contributed by atoms with Crippen LogP contribution in [0.25, 0.3) is 0 Å². The first-order valence-corrected chi connectivity index (χ1v) is 6.42. The van der Waals surface area contributed by atoms with Crippen molar-refractivity contribution >= 4 is 11.9 Å². The quantitative estimate of drug-likeness (QED) is 0.641. The lowest BCUT2D eigenvalue weighted by Gasteiger charge is -2.26. The predicted molar refractivity (Wildman–Crippen MR) is 69.6 cm³/mol. The Labute approximate surface area is 114 Å². The highest BCUT2D eigenvalue weighted by Gasteiger charge is 2.26. The summed E-state index contributed by atoms with van der Waals surface area (Å²) in [6.45, 7) is 0. The van der Waals surface area contributed by atoms with Gasteiger partial charge < -0.3 is 15.5 Å². The van der Waals surface area contributed by atoms with Crippen molar-refractivity contribution in [1.82, 2.24) is 10.3 Å². The lowest BCUT2D eigenvalue weighted by molar-refractivity contribution is -0.142. The van der Waals surface area contributed by atoms with Gasteiger partial charge in [0.15, 0.2) is 5.88 Å². The molecule has 0 aromatic carbocycles. The largest absolute Gasteiger partial charge is 0.494 e. The molecule has 1 aromatic rings. The lowest BCUT2D eigenvalue weighted by atomic mass is 9.86. The van der Waals surface area contributed by atoms with Gasteiger partial charge in [0, 0.05) is 18.2 Å². The molecule has 1 fully saturated rings. The maximum Gasteiger partial charge on any atom is 0.306 e. The second-order valence-electron chi connectivity index (χ2n) is 4.98. The molecule has 0 aliphatic heterocycles. The molecule has 1 aromatic heterocycles. The van der Waals surface area contributed by atoms with Crippen LogP contribution < -0.4 is 10.9 Å². The van der Waals surface area contributed by atoms with Gasteiger partial charge in [-0.15, -0.1) is 0 Å². The van der Waals surface area contributed by atoms with E-state index in [4.69, 9.17) is 5.11 Å². The molecule has 0 bridgehead atoms. The topological polar surface area (TPSA) is 119 Å². The Hall–Kier alpha value is -2.31. The smallest absolute Gasteiger partial charge is 0.306 e. The fourth-order valence-corrected chi connectivity index (χ4v) is 2.41. The van der Waals surface area contributed by atoms with Crippen molar-refractivity contribution in [2.75, 3.05) is 0 Å². The van der Waals surface area contributed by atoms with Crippen LogP contribution >= 0.6 is 0 Å². The molecule has 0 atom stereocenters. The Morgan fingerprint density at radius 3 is 2.40 bits per heavy atom. The van der Waals surface area contributed by atoms with E-state index >= 15 is 0 Å². The summed E-state index contributed by atoms with van der Waals surface area (Å²) in [6.07, 6.45) is 2.25. The number of rotatable bonds is 3. The highest BCUT2D eigenvalue weighted by atomic mass is 16.4. The molecule has 20 heavy (non-hydrogen) atoms. The Bertz CT molecular complexity index is 572. The molecular formula is C13H16N2O5.